The number of aromatic nitrogens is 2. The minimum Gasteiger partial charge on any atom is -0.315 e. The zero-order chi connectivity index (χ0) is 13.5. The van der Waals surface area contributed by atoms with Crippen molar-refractivity contribution < 1.29 is 0 Å². The quantitative estimate of drug-likeness (QED) is 0.756. The molecule has 0 radical (unpaired) electrons. The molecule has 0 saturated carbocycles. The largest absolute Gasteiger partial charge is 0.315 e. The minimum atomic E-state index is 0.0685. The third kappa shape index (κ3) is 3.88. The van der Waals surface area contributed by atoms with Crippen LogP contribution in [0.15, 0.2) is 22.6 Å². The molecule has 5 heteroatoms. The van der Waals surface area contributed by atoms with E-state index in [9.17, 15) is 4.79 Å². The van der Waals surface area contributed by atoms with Gasteiger partial charge in [0.1, 0.15) is 4.83 Å². The summed E-state index contributed by atoms with van der Waals surface area (Å²) in [6, 6.07) is 1.85. The number of hydrogen-bond donors (Lipinski definition) is 1. The van der Waals surface area contributed by atoms with Crippen LogP contribution in [0, 0.1) is 0 Å². The molecule has 0 saturated heterocycles. The van der Waals surface area contributed by atoms with Crippen LogP contribution in [0.4, 0.5) is 0 Å². The second kappa shape index (κ2) is 7.40. The Bertz CT molecular complexity index is 561. The van der Waals surface area contributed by atoms with E-state index < -0.39 is 0 Å². The van der Waals surface area contributed by atoms with Gasteiger partial charge in [0.25, 0.3) is 5.56 Å². The molecule has 2 rings (SSSR count). The zero-order valence-corrected chi connectivity index (χ0v) is 12.2. The molecule has 0 aliphatic carbocycles. The van der Waals surface area contributed by atoms with Gasteiger partial charge in [-0.1, -0.05) is 26.2 Å². The van der Waals surface area contributed by atoms with Crippen molar-refractivity contribution in [2.24, 2.45) is 0 Å². The van der Waals surface area contributed by atoms with Gasteiger partial charge in [-0.3, -0.25) is 9.36 Å². The average Bonchev–Trinajstić information content (AvgIpc) is 2.89. The van der Waals surface area contributed by atoms with Gasteiger partial charge < -0.3 is 5.32 Å². The molecule has 0 atom stereocenters. The summed E-state index contributed by atoms with van der Waals surface area (Å²) in [6.07, 6.45) is 6.72. The third-order valence-corrected chi connectivity index (χ3v) is 4.01. The van der Waals surface area contributed by atoms with Gasteiger partial charge in [0, 0.05) is 13.1 Å². The molecule has 2 heterocycles. The highest BCUT2D eigenvalue weighted by Gasteiger charge is 2.04. The maximum Gasteiger partial charge on any atom is 0.262 e. The van der Waals surface area contributed by atoms with E-state index in [0.717, 1.165) is 23.3 Å². The molecule has 0 aliphatic rings. The zero-order valence-electron chi connectivity index (χ0n) is 11.4. The first kappa shape index (κ1) is 14.2. The first-order valence-corrected chi connectivity index (χ1v) is 7.84. The Balaban J connectivity index is 1.78. The van der Waals surface area contributed by atoms with Crippen LogP contribution in [0.1, 0.15) is 32.6 Å². The molecular formula is C14H21N3OS. The molecule has 2 aromatic rings. The van der Waals surface area contributed by atoms with Gasteiger partial charge in [-0.2, -0.15) is 0 Å². The van der Waals surface area contributed by atoms with Crippen molar-refractivity contribution in [3.8, 4) is 0 Å². The Morgan fingerprint density at radius 3 is 3.05 bits per heavy atom. The Hall–Kier alpha value is -1.20. The lowest BCUT2D eigenvalue weighted by atomic mass is 10.2. The molecule has 1 N–H and O–H groups in total. The summed E-state index contributed by atoms with van der Waals surface area (Å²) in [4.78, 5) is 17.2. The highest BCUT2D eigenvalue weighted by atomic mass is 32.1. The third-order valence-electron chi connectivity index (χ3n) is 3.19. The number of unbranched alkanes of at least 4 members (excludes halogenated alkanes) is 3. The fourth-order valence-corrected chi connectivity index (χ4v) is 2.78. The number of nitrogens with zero attached hydrogens (tertiary/aromatic N) is 2. The lowest BCUT2D eigenvalue weighted by Crippen LogP contribution is -2.27. The number of hydrogen-bond acceptors (Lipinski definition) is 4. The molecular weight excluding hydrogens is 258 g/mol. The number of thiophene rings is 1. The number of fused-ring (bicyclic) bond motifs is 1. The first-order chi connectivity index (χ1) is 9.33. The standard InChI is InChI=1S/C14H21N3OS/c1-2-3-4-5-7-15-8-9-17-11-16-13-12(14(17)18)6-10-19-13/h6,10-11,15H,2-5,7-9H2,1H3. The van der Waals surface area contributed by atoms with E-state index in [1.54, 1.807) is 10.9 Å². The molecule has 0 spiro atoms. The summed E-state index contributed by atoms with van der Waals surface area (Å²) in [5, 5.41) is 6.02. The van der Waals surface area contributed by atoms with Gasteiger partial charge >= 0.3 is 0 Å². The fraction of sp³-hybridized carbons (Fsp3) is 0.571. The van der Waals surface area contributed by atoms with E-state index in [0.29, 0.717) is 6.54 Å². The van der Waals surface area contributed by atoms with Gasteiger partial charge in [0.2, 0.25) is 0 Å². The molecule has 0 unspecified atom stereocenters. The van der Waals surface area contributed by atoms with Crippen molar-refractivity contribution in [3.63, 3.8) is 0 Å². The molecule has 19 heavy (non-hydrogen) atoms. The normalized spacial score (nSPS) is 11.2. The van der Waals surface area contributed by atoms with E-state index in [1.807, 2.05) is 11.4 Å². The van der Waals surface area contributed by atoms with Gasteiger partial charge in [0.15, 0.2) is 0 Å². The monoisotopic (exact) mass is 279 g/mol. The van der Waals surface area contributed by atoms with Crippen LogP contribution in [-0.4, -0.2) is 22.6 Å². The maximum absolute atomic E-state index is 12.1. The predicted molar refractivity (Wildman–Crippen MR) is 80.9 cm³/mol. The van der Waals surface area contributed by atoms with Crippen LogP contribution in [0.25, 0.3) is 10.2 Å². The summed E-state index contributed by atoms with van der Waals surface area (Å²) >= 11 is 1.51. The van der Waals surface area contributed by atoms with E-state index in [4.69, 9.17) is 0 Å². The summed E-state index contributed by atoms with van der Waals surface area (Å²) in [5.74, 6) is 0. The van der Waals surface area contributed by atoms with Crippen molar-refractivity contribution in [2.75, 3.05) is 13.1 Å². The van der Waals surface area contributed by atoms with Crippen LogP contribution in [0.3, 0.4) is 0 Å². The van der Waals surface area contributed by atoms with Crippen molar-refractivity contribution in [2.45, 2.75) is 39.2 Å². The number of rotatable bonds is 8. The molecule has 2 aromatic heterocycles. The smallest absolute Gasteiger partial charge is 0.262 e. The summed E-state index contributed by atoms with van der Waals surface area (Å²) in [6.45, 7) is 4.76. The molecule has 0 fully saturated rings. The van der Waals surface area contributed by atoms with Crippen LogP contribution >= 0.6 is 11.3 Å². The molecule has 0 bridgehead atoms. The second-order valence-electron chi connectivity index (χ2n) is 4.69. The topological polar surface area (TPSA) is 46.9 Å². The van der Waals surface area contributed by atoms with Crippen LogP contribution < -0.4 is 10.9 Å². The number of nitrogens with one attached hydrogen (secondary N) is 1. The van der Waals surface area contributed by atoms with E-state index in [1.165, 1.54) is 37.0 Å². The van der Waals surface area contributed by atoms with Gasteiger partial charge in [0.05, 0.1) is 11.7 Å². The van der Waals surface area contributed by atoms with Crippen molar-refractivity contribution in [1.29, 1.82) is 0 Å². The minimum absolute atomic E-state index is 0.0685. The maximum atomic E-state index is 12.1. The summed E-state index contributed by atoms with van der Waals surface area (Å²) in [7, 11) is 0. The van der Waals surface area contributed by atoms with Crippen LogP contribution in [0.5, 0.6) is 0 Å². The summed E-state index contributed by atoms with van der Waals surface area (Å²) in [5.41, 5.74) is 0.0685. The van der Waals surface area contributed by atoms with E-state index >= 15 is 0 Å². The molecule has 4 nitrogen and oxygen atoms in total. The van der Waals surface area contributed by atoms with Gasteiger partial charge in [-0.05, 0) is 24.4 Å². The molecule has 0 aliphatic heterocycles. The Morgan fingerprint density at radius 1 is 1.32 bits per heavy atom. The van der Waals surface area contributed by atoms with Gasteiger partial charge in [-0.25, -0.2) is 4.98 Å². The molecule has 104 valence electrons. The highest BCUT2D eigenvalue weighted by molar-refractivity contribution is 7.16. The Morgan fingerprint density at radius 2 is 2.21 bits per heavy atom. The Kier molecular flexibility index (Phi) is 5.54. The lowest BCUT2D eigenvalue weighted by Gasteiger charge is -2.06. The Labute approximate surface area is 117 Å². The fourth-order valence-electron chi connectivity index (χ4n) is 2.05. The molecule has 0 amide bonds. The van der Waals surface area contributed by atoms with E-state index in [-0.39, 0.29) is 5.56 Å². The lowest BCUT2D eigenvalue weighted by molar-refractivity contribution is 0.553. The highest BCUT2D eigenvalue weighted by Crippen LogP contribution is 2.12. The SMILES string of the molecule is CCCCCCNCCn1cnc2sccc2c1=O. The van der Waals surface area contributed by atoms with E-state index in [2.05, 4.69) is 17.2 Å². The van der Waals surface area contributed by atoms with Crippen molar-refractivity contribution in [1.82, 2.24) is 14.9 Å². The average molecular weight is 279 g/mol. The van der Waals surface area contributed by atoms with Crippen LogP contribution in [0.2, 0.25) is 0 Å². The van der Waals surface area contributed by atoms with Crippen molar-refractivity contribution in [3.05, 3.63) is 28.1 Å². The van der Waals surface area contributed by atoms with Crippen LogP contribution in [-0.2, 0) is 6.54 Å². The second-order valence-corrected chi connectivity index (χ2v) is 5.59. The van der Waals surface area contributed by atoms with Gasteiger partial charge in [-0.15, -0.1) is 11.3 Å². The molecule has 0 aromatic carbocycles. The summed E-state index contributed by atoms with van der Waals surface area (Å²) < 4.78 is 1.69. The first-order valence-electron chi connectivity index (χ1n) is 6.96. The predicted octanol–water partition coefficient (Wildman–Crippen LogP) is 2.63. The van der Waals surface area contributed by atoms with Crippen molar-refractivity contribution >= 4 is 21.6 Å².